The fourth-order valence-electron chi connectivity index (χ4n) is 4.14. The number of hydrogen-bond acceptors (Lipinski definition) is 10. The van der Waals surface area contributed by atoms with E-state index in [1.165, 1.54) is 38.7 Å². The topological polar surface area (TPSA) is 97.4 Å². The van der Waals surface area contributed by atoms with Crippen molar-refractivity contribution >= 4 is 33.0 Å². The lowest BCUT2D eigenvalue weighted by Crippen LogP contribution is -2.01. The highest BCUT2D eigenvalue weighted by Gasteiger charge is 2.20. The fraction of sp³-hybridized carbons (Fsp3) is 0.241. The molecule has 4 rings (SSSR count). The normalized spacial score (nSPS) is 10.9. The number of ether oxygens (including phenoxy) is 6. The van der Waals surface area contributed by atoms with Gasteiger partial charge in [-0.25, -0.2) is 4.98 Å². The van der Waals surface area contributed by atoms with Crippen LogP contribution in [0.1, 0.15) is 15.9 Å². The van der Waals surface area contributed by atoms with Gasteiger partial charge in [0.05, 0.1) is 48.2 Å². The minimum absolute atomic E-state index is 0.217. The number of anilines is 1. The summed E-state index contributed by atoms with van der Waals surface area (Å²) in [4.78, 5) is 17.6. The molecule has 0 aliphatic rings. The lowest BCUT2D eigenvalue weighted by molar-refractivity contribution is 0.104. The molecule has 10 heteroatoms. The zero-order chi connectivity index (χ0) is 28.1. The highest BCUT2D eigenvalue weighted by atomic mass is 32.1. The third kappa shape index (κ3) is 5.42. The molecule has 0 atom stereocenters. The monoisotopic (exact) mass is 550 g/mol. The van der Waals surface area contributed by atoms with Crippen molar-refractivity contribution in [2.75, 3.05) is 48.0 Å². The van der Waals surface area contributed by atoms with Crippen LogP contribution in [0.15, 0.2) is 48.7 Å². The molecule has 3 aromatic carbocycles. The van der Waals surface area contributed by atoms with Crippen LogP contribution < -0.4 is 33.7 Å². The Kier molecular flexibility index (Phi) is 8.46. The van der Waals surface area contributed by atoms with E-state index in [0.717, 1.165) is 32.0 Å². The number of aromatic nitrogens is 1. The van der Waals surface area contributed by atoms with Crippen LogP contribution in [-0.2, 0) is 0 Å². The zero-order valence-electron chi connectivity index (χ0n) is 22.8. The summed E-state index contributed by atoms with van der Waals surface area (Å²) in [5.41, 5.74) is 3.97. The molecule has 0 saturated carbocycles. The molecule has 0 fully saturated rings. The SMILES string of the molecule is COc1cc(C(=O)/C=C\Nc2ccc(-c3nc4cc(OC)c(OC)c(OC)c4s3)cc2C)cc(OC)c1OC. The van der Waals surface area contributed by atoms with Crippen molar-refractivity contribution in [3.8, 4) is 45.1 Å². The van der Waals surface area contributed by atoms with Crippen LogP contribution in [0.3, 0.4) is 0 Å². The highest BCUT2D eigenvalue weighted by Crippen LogP contribution is 2.47. The maximum atomic E-state index is 12.8. The predicted octanol–water partition coefficient (Wildman–Crippen LogP) is 6.13. The first-order chi connectivity index (χ1) is 18.9. The molecule has 204 valence electrons. The molecule has 9 nitrogen and oxygen atoms in total. The van der Waals surface area contributed by atoms with Crippen LogP contribution in [0.4, 0.5) is 5.69 Å². The molecule has 1 N–H and O–H groups in total. The van der Waals surface area contributed by atoms with E-state index in [-0.39, 0.29) is 5.78 Å². The van der Waals surface area contributed by atoms with Gasteiger partial charge in [0.2, 0.25) is 11.5 Å². The number of aryl methyl sites for hydroxylation is 1. The number of allylic oxidation sites excluding steroid dienone is 1. The second kappa shape index (κ2) is 12.0. The molecular weight excluding hydrogens is 520 g/mol. The second-order valence-electron chi connectivity index (χ2n) is 8.30. The van der Waals surface area contributed by atoms with Crippen molar-refractivity contribution in [2.45, 2.75) is 6.92 Å². The predicted molar refractivity (Wildman–Crippen MR) is 153 cm³/mol. The average molecular weight is 551 g/mol. The lowest BCUT2D eigenvalue weighted by atomic mass is 10.1. The van der Waals surface area contributed by atoms with Crippen LogP contribution >= 0.6 is 11.3 Å². The Morgan fingerprint density at radius 2 is 1.41 bits per heavy atom. The van der Waals surface area contributed by atoms with Gasteiger partial charge in [0.25, 0.3) is 0 Å². The van der Waals surface area contributed by atoms with E-state index in [1.54, 1.807) is 39.7 Å². The van der Waals surface area contributed by atoms with Gasteiger partial charge < -0.3 is 33.7 Å². The molecule has 0 aliphatic heterocycles. The summed E-state index contributed by atoms with van der Waals surface area (Å²) >= 11 is 1.51. The summed E-state index contributed by atoms with van der Waals surface area (Å²) in [6.07, 6.45) is 3.06. The Morgan fingerprint density at radius 3 is 1.97 bits per heavy atom. The van der Waals surface area contributed by atoms with Crippen LogP contribution in [0.2, 0.25) is 0 Å². The Bertz CT molecular complexity index is 1520. The summed E-state index contributed by atoms with van der Waals surface area (Å²) in [5.74, 6) is 2.72. The van der Waals surface area contributed by atoms with Crippen molar-refractivity contribution in [3.05, 3.63) is 59.8 Å². The first kappa shape index (κ1) is 27.6. The maximum absolute atomic E-state index is 12.8. The Balaban J connectivity index is 1.55. The molecule has 1 heterocycles. The van der Waals surface area contributed by atoms with Gasteiger partial charge in [-0.2, -0.15) is 0 Å². The Hall–Kier alpha value is -4.44. The number of benzene rings is 3. The number of hydrogen-bond donors (Lipinski definition) is 1. The summed E-state index contributed by atoms with van der Waals surface area (Å²) in [6, 6.07) is 11.0. The van der Waals surface area contributed by atoms with Gasteiger partial charge in [0.15, 0.2) is 28.8 Å². The molecule has 4 aromatic rings. The largest absolute Gasteiger partial charge is 0.493 e. The second-order valence-corrected chi connectivity index (χ2v) is 9.30. The molecule has 0 radical (unpaired) electrons. The van der Waals surface area contributed by atoms with Crippen LogP contribution in [-0.4, -0.2) is 53.4 Å². The number of carbonyl (C=O) groups excluding carboxylic acids is 1. The minimum Gasteiger partial charge on any atom is -0.493 e. The maximum Gasteiger partial charge on any atom is 0.204 e. The zero-order valence-corrected chi connectivity index (χ0v) is 23.6. The minimum atomic E-state index is -0.217. The van der Waals surface area contributed by atoms with E-state index in [9.17, 15) is 4.79 Å². The lowest BCUT2D eigenvalue weighted by Gasteiger charge is -2.13. The summed E-state index contributed by atoms with van der Waals surface area (Å²) < 4.78 is 33.5. The van der Waals surface area contributed by atoms with Crippen LogP contribution in [0, 0.1) is 6.92 Å². The number of ketones is 1. The van der Waals surface area contributed by atoms with E-state index in [1.807, 2.05) is 31.2 Å². The number of fused-ring (bicyclic) bond motifs is 1. The number of carbonyl (C=O) groups is 1. The first-order valence-corrected chi connectivity index (χ1v) is 12.7. The molecule has 0 saturated heterocycles. The van der Waals surface area contributed by atoms with Gasteiger partial charge in [-0.15, -0.1) is 11.3 Å². The molecule has 0 unspecified atom stereocenters. The molecule has 0 amide bonds. The van der Waals surface area contributed by atoms with Crippen LogP contribution in [0.25, 0.3) is 20.8 Å². The van der Waals surface area contributed by atoms with E-state index in [4.69, 9.17) is 33.4 Å². The number of nitrogens with zero attached hydrogens (tertiary/aromatic N) is 1. The van der Waals surface area contributed by atoms with Gasteiger partial charge in [-0.05, 0) is 42.8 Å². The molecular formula is C29H30N2O7S. The van der Waals surface area contributed by atoms with Gasteiger partial charge in [-0.1, -0.05) is 0 Å². The number of nitrogens with one attached hydrogen (secondary N) is 1. The van der Waals surface area contributed by atoms with Gasteiger partial charge in [0, 0.05) is 35.2 Å². The van der Waals surface area contributed by atoms with E-state index < -0.39 is 0 Å². The number of methoxy groups -OCH3 is 6. The third-order valence-electron chi connectivity index (χ3n) is 6.08. The fourth-order valence-corrected chi connectivity index (χ4v) is 5.20. The van der Waals surface area contributed by atoms with Crippen molar-refractivity contribution < 1.29 is 33.2 Å². The molecule has 0 spiro atoms. The van der Waals surface area contributed by atoms with Crippen molar-refractivity contribution in [1.82, 2.24) is 4.98 Å². The van der Waals surface area contributed by atoms with Gasteiger partial charge >= 0.3 is 0 Å². The Labute approximate surface area is 230 Å². The smallest absolute Gasteiger partial charge is 0.204 e. The number of rotatable bonds is 11. The number of thiazole rings is 1. The van der Waals surface area contributed by atoms with Crippen molar-refractivity contribution in [1.29, 1.82) is 0 Å². The van der Waals surface area contributed by atoms with Crippen LogP contribution in [0.5, 0.6) is 34.5 Å². The third-order valence-corrected chi connectivity index (χ3v) is 7.20. The quantitative estimate of drug-likeness (QED) is 0.175. The summed E-state index contributed by atoms with van der Waals surface area (Å²) in [5, 5.41) is 4.02. The summed E-state index contributed by atoms with van der Waals surface area (Å²) in [6.45, 7) is 1.99. The first-order valence-electron chi connectivity index (χ1n) is 11.9. The van der Waals surface area contributed by atoms with E-state index in [0.29, 0.717) is 40.1 Å². The molecule has 0 aliphatic carbocycles. The average Bonchev–Trinajstić information content (AvgIpc) is 3.39. The van der Waals surface area contributed by atoms with E-state index in [2.05, 4.69) is 5.32 Å². The Morgan fingerprint density at radius 1 is 0.795 bits per heavy atom. The highest BCUT2D eigenvalue weighted by molar-refractivity contribution is 7.22. The van der Waals surface area contributed by atoms with Gasteiger partial charge in [-0.3, -0.25) is 4.79 Å². The molecule has 1 aromatic heterocycles. The van der Waals surface area contributed by atoms with Crippen molar-refractivity contribution in [2.24, 2.45) is 0 Å². The van der Waals surface area contributed by atoms with E-state index >= 15 is 0 Å². The van der Waals surface area contributed by atoms with Crippen molar-refractivity contribution in [3.63, 3.8) is 0 Å². The van der Waals surface area contributed by atoms with Gasteiger partial charge in [0.1, 0.15) is 9.71 Å². The molecule has 0 bridgehead atoms. The summed E-state index contributed by atoms with van der Waals surface area (Å²) in [7, 11) is 9.29. The standard InChI is InChI=1S/C29H30N2O7S/c1-16-12-17(29-31-20-15-24(35-4)26(37-6)27(38-7)28(20)39-29)8-9-19(16)30-11-10-21(32)18-13-22(33-2)25(36-5)23(14-18)34-3/h8-15,30H,1-7H3/b11-10-. The molecule has 39 heavy (non-hydrogen) atoms.